The second kappa shape index (κ2) is 6.68. The summed E-state index contributed by atoms with van der Waals surface area (Å²) >= 11 is 0. The van der Waals surface area contributed by atoms with Gasteiger partial charge in [0.05, 0.1) is 17.9 Å². The third kappa shape index (κ3) is 3.68. The second-order valence-electron chi connectivity index (χ2n) is 4.71. The van der Waals surface area contributed by atoms with E-state index in [0.717, 1.165) is 21.8 Å². The van der Waals surface area contributed by atoms with Crippen molar-refractivity contribution in [3.63, 3.8) is 0 Å². The quantitative estimate of drug-likeness (QED) is 0.921. The molecule has 2 N–H and O–H groups in total. The summed E-state index contributed by atoms with van der Waals surface area (Å²) in [5.74, 6) is 1.20. The molecule has 3 nitrogen and oxygen atoms in total. The van der Waals surface area contributed by atoms with Crippen molar-refractivity contribution in [3.8, 4) is 5.75 Å². The Morgan fingerprint density at radius 1 is 1.20 bits per heavy atom. The Labute approximate surface area is 122 Å². The van der Waals surface area contributed by atoms with Crippen molar-refractivity contribution < 1.29 is 8.95 Å². The first-order valence-electron chi connectivity index (χ1n) is 6.44. The van der Waals surface area contributed by atoms with Gasteiger partial charge in [0.2, 0.25) is 0 Å². The number of rotatable bonds is 5. The van der Waals surface area contributed by atoms with Crippen LogP contribution in [0.4, 0.5) is 0 Å². The smallest absolute Gasteiger partial charge is 0.118 e. The van der Waals surface area contributed by atoms with Crippen LogP contribution in [0.3, 0.4) is 0 Å². The van der Waals surface area contributed by atoms with E-state index in [2.05, 4.69) is 0 Å². The maximum absolute atomic E-state index is 12.3. The van der Waals surface area contributed by atoms with Gasteiger partial charge in [-0.25, -0.2) is 0 Å². The van der Waals surface area contributed by atoms with Gasteiger partial charge in [-0.3, -0.25) is 4.21 Å². The number of benzene rings is 2. The van der Waals surface area contributed by atoms with Crippen molar-refractivity contribution >= 4 is 10.8 Å². The summed E-state index contributed by atoms with van der Waals surface area (Å²) in [6, 6.07) is 15.0. The van der Waals surface area contributed by atoms with Crippen molar-refractivity contribution in [3.05, 3.63) is 59.7 Å². The Hall–Kier alpha value is -1.65. The normalized spacial score (nSPS) is 13.8. The second-order valence-corrected chi connectivity index (χ2v) is 6.20. The van der Waals surface area contributed by atoms with Crippen LogP contribution < -0.4 is 10.5 Å². The van der Waals surface area contributed by atoms with E-state index >= 15 is 0 Å². The predicted octanol–water partition coefficient (Wildman–Crippen LogP) is 2.81. The topological polar surface area (TPSA) is 52.3 Å². The van der Waals surface area contributed by atoms with Gasteiger partial charge in [0, 0.05) is 16.7 Å². The maximum Gasteiger partial charge on any atom is 0.118 e. The molecule has 0 radical (unpaired) electrons. The SMILES string of the molecule is COc1ccc(C(N)CS(=O)c2cccc(C)c2)cc1. The molecule has 2 aromatic carbocycles. The van der Waals surface area contributed by atoms with Gasteiger partial charge in [-0.05, 0) is 42.3 Å². The van der Waals surface area contributed by atoms with Crippen LogP contribution in [0.2, 0.25) is 0 Å². The lowest BCUT2D eigenvalue weighted by Crippen LogP contribution is -2.18. The molecule has 0 bridgehead atoms. The molecule has 20 heavy (non-hydrogen) atoms. The van der Waals surface area contributed by atoms with E-state index in [1.165, 1.54) is 0 Å². The molecule has 2 aromatic rings. The Balaban J connectivity index is 2.06. The highest BCUT2D eigenvalue weighted by molar-refractivity contribution is 7.85. The van der Waals surface area contributed by atoms with Crippen LogP contribution in [0.1, 0.15) is 17.2 Å². The number of methoxy groups -OCH3 is 1. The molecule has 4 heteroatoms. The summed E-state index contributed by atoms with van der Waals surface area (Å²) in [6.07, 6.45) is 0. The molecule has 0 heterocycles. The molecule has 0 aromatic heterocycles. The fourth-order valence-corrected chi connectivity index (χ4v) is 3.22. The highest BCUT2D eigenvalue weighted by Gasteiger charge is 2.12. The molecular formula is C16H19NO2S. The average Bonchev–Trinajstić information content (AvgIpc) is 2.47. The Bertz CT molecular complexity index is 596. The van der Waals surface area contributed by atoms with Crippen LogP contribution in [-0.4, -0.2) is 17.1 Å². The fourth-order valence-electron chi connectivity index (χ4n) is 1.96. The minimum Gasteiger partial charge on any atom is -0.497 e. The molecule has 106 valence electrons. The van der Waals surface area contributed by atoms with Crippen LogP contribution in [0.25, 0.3) is 0 Å². The van der Waals surface area contributed by atoms with E-state index in [0.29, 0.717) is 5.75 Å². The number of nitrogens with two attached hydrogens (primary N) is 1. The maximum atomic E-state index is 12.3. The number of aryl methyl sites for hydroxylation is 1. The summed E-state index contributed by atoms with van der Waals surface area (Å²) in [6.45, 7) is 1.99. The monoisotopic (exact) mass is 289 g/mol. The Morgan fingerprint density at radius 2 is 1.90 bits per heavy atom. The molecule has 0 saturated heterocycles. The third-order valence-electron chi connectivity index (χ3n) is 3.13. The van der Waals surface area contributed by atoms with Crippen LogP contribution in [0.5, 0.6) is 5.75 Å². The minimum absolute atomic E-state index is 0.248. The van der Waals surface area contributed by atoms with E-state index in [9.17, 15) is 4.21 Å². The van der Waals surface area contributed by atoms with Gasteiger partial charge in [0.15, 0.2) is 0 Å². The molecule has 0 saturated carbocycles. The molecule has 0 aliphatic heterocycles. The lowest BCUT2D eigenvalue weighted by Gasteiger charge is -2.12. The largest absolute Gasteiger partial charge is 0.497 e. The number of ether oxygens (including phenoxy) is 1. The van der Waals surface area contributed by atoms with Crippen molar-refractivity contribution in [1.82, 2.24) is 0 Å². The number of hydrogen-bond donors (Lipinski definition) is 1. The summed E-state index contributed by atoms with van der Waals surface area (Å²) in [5, 5.41) is 0. The molecule has 0 spiro atoms. The molecule has 2 atom stereocenters. The number of hydrogen-bond acceptors (Lipinski definition) is 3. The molecule has 2 unspecified atom stereocenters. The molecular weight excluding hydrogens is 270 g/mol. The van der Waals surface area contributed by atoms with Gasteiger partial charge >= 0.3 is 0 Å². The highest BCUT2D eigenvalue weighted by Crippen LogP contribution is 2.19. The Morgan fingerprint density at radius 3 is 2.50 bits per heavy atom. The molecule has 2 rings (SSSR count). The minimum atomic E-state index is -1.09. The van der Waals surface area contributed by atoms with Crippen molar-refractivity contribution in [2.24, 2.45) is 5.73 Å². The summed E-state index contributed by atoms with van der Waals surface area (Å²) in [7, 11) is 0.539. The molecule has 0 aliphatic rings. The van der Waals surface area contributed by atoms with Crippen LogP contribution >= 0.6 is 0 Å². The fraction of sp³-hybridized carbons (Fsp3) is 0.250. The Kier molecular flexibility index (Phi) is 4.93. The average molecular weight is 289 g/mol. The predicted molar refractivity (Wildman–Crippen MR) is 82.4 cm³/mol. The first-order valence-corrected chi connectivity index (χ1v) is 7.76. The van der Waals surface area contributed by atoms with Gasteiger partial charge < -0.3 is 10.5 Å². The van der Waals surface area contributed by atoms with E-state index in [1.807, 2.05) is 55.5 Å². The lowest BCUT2D eigenvalue weighted by atomic mass is 10.1. The zero-order valence-corrected chi connectivity index (χ0v) is 12.5. The molecule has 0 fully saturated rings. The molecule has 0 aliphatic carbocycles. The van der Waals surface area contributed by atoms with Gasteiger partial charge in [-0.1, -0.05) is 24.3 Å². The summed E-state index contributed by atoms with van der Waals surface area (Å²) in [5.41, 5.74) is 8.20. The zero-order valence-electron chi connectivity index (χ0n) is 11.7. The van der Waals surface area contributed by atoms with Crippen molar-refractivity contribution in [1.29, 1.82) is 0 Å². The lowest BCUT2D eigenvalue weighted by molar-refractivity contribution is 0.414. The van der Waals surface area contributed by atoms with E-state index in [1.54, 1.807) is 7.11 Å². The van der Waals surface area contributed by atoms with Crippen LogP contribution in [0, 0.1) is 6.92 Å². The van der Waals surface area contributed by atoms with E-state index in [-0.39, 0.29) is 6.04 Å². The van der Waals surface area contributed by atoms with Gasteiger partial charge in [-0.15, -0.1) is 0 Å². The van der Waals surface area contributed by atoms with Gasteiger partial charge in [0.25, 0.3) is 0 Å². The van der Waals surface area contributed by atoms with E-state index < -0.39 is 10.8 Å². The first kappa shape index (κ1) is 14.8. The summed E-state index contributed by atoms with van der Waals surface area (Å²) in [4.78, 5) is 0.828. The van der Waals surface area contributed by atoms with Crippen molar-refractivity contribution in [2.75, 3.05) is 12.9 Å². The zero-order chi connectivity index (χ0) is 14.5. The first-order chi connectivity index (χ1) is 9.60. The summed E-state index contributed by atoms with van der Waals surface area (Å²) < 4.78 is 17.4. The highest BCUT2D eigenvalue weighted by atomic mass is 32.2. The third-order valence-corrected chi connectivity index (χ3v) is 4.57. The van der Waals surface area contributed by atoms with Gasteiger partial charge in [0.1, 0.15) is 5.75 Å². The van der Waals surface area contributed by atoms with Crippen molar-refractivity contribution in [2.45, 2.75) is 17.9 Å². The van der Waals surface area contributed by atoms with Gasteiger partial charge in [-0.2, -0.15) is 0 Å². The van der Waals surface area contributed by atoms with E-state index in [4.69, 9.17) is 10.5 Å². The molecule has 0 amide bonds. The van der Waals surface area contributed by atoms with Crippen LogP contribution in [0.15, 0.2) is 53.4 Å². The standard InChI is InChI=1S/C16H19NO2S/c1-12-4-3-5-15(10-12)20(18)11-16(17)13-6-8-14(19-2)9-7-13/h3-10,16H,11,17H2,1-2H3. The van der Waals surface area contributed by atoms with Crippen LogP contribution in [-0.2, 0) is 10.8 Å².